The quantitative estimate of drug-likeness (QED) is 0.197. The van der Waals surface area contributed by atoms with Gasteiger partial charge in [0.2, 0.25) is 5.91 Å². The van der Waals surface area contributed by atoms with E-state index in [1.165, 1.54) is 18.2 Å². The minimum atomic E-state index is -4.49. The fourth-order valence-corrected chi connectivity index (χ4v) is 5.82. The summed E-state index contributed by atoms with van der Waals surface area (Å²) in [4.78, 5) is 17.6. The fraction of sp³-hybridized carbons (Fsp3) is 0.212. The van der Waals surface area contributed by atoms with Crippen LogP contribution in [0.25, 0.3) is 22.4 Å². The van der Waals surface area contributed by atoms with E-state index in [1.807, 2.05) is 42.7 Å². The maximum atomic E-state index is 13.6. The van der Waals surface area contributed by atoms with E-state index in [0.29, 0.717) is 33.7 Å². The summed E-state index contributed by atoms with van der Waals surface area (Å²) in [5.41, 5.74) is 3.94. The van der Waals surface area contributed by atoms with Crippen molar-refractivity contribution in [2.24, 2.45) is 0 Å². The normalized spacial score (nSPS) is 12.8. The predicted octanol–water partition coefficient (Wildman–Crippen LogP) is 7.61. The highest BCUT2D eigenvalue weighted by molar-refractivity contribution is 7.91. The molecule has 1 aromatic heterocycles. The first-order chi connectivity index (χ1) is 20.4. The molecule has 1 heterocycles. The Morgan fingerprint density at radius 2 is 1.58 bits per heavy atom. The smallest absolute Gasteiger partial charge is 0.326 e. The predicted molar refractivity (Wildman–Crippen MR) is 162 cm³/mol. The zero-order chi connectivity index (χ0) is 30.9. The monoisotopic (exact) mass is 605 g/mol. The van der Waals surface area contributed by atoms with Crippen LogP contribution in [-0.4, -0.2) is 29.6 Å². The molecule has 5 rings (SSSR count). The summed E-state index contributed by atoms with van der Waals surface area (Å²) in [6.45, 7) is 5.47. The molecule has 1 unspecified atom stereocenters. The van der Waals surface area contributed by atoms with Crippen LogP contribution in [0.5, 0.6) is 0 Å². The van der Waals surface area contributed by atoms with Gasteiger partial charge in [-0.25, -0.2) is 13.4 Å². The Morgan fingerprint density at radius 3 is 2.19 bits per heavy atom. The van der Waals surface area contributed by atoms with Crippen LogP contribution in [-0.2, 0) is 27.2 Å². The first-order valence-electron chi connectivity index (χ1n) is 13.7. The van der Waals surface area contributed by atoms with E-state index in [1.54, 1.807) is 43.3 Å². The van der Waals surface area contributed by atoms with Crippen LogP contribution in [0.4, 0.5) is 18.9 Å². The fourth-order valence-electron chi connectivity index (χ4n) is 4.93. The average Bonchev–Trinajstić information content (AvgIpc) is 3.36. The van der Waals surface area contributed by atoms with Crippen LogP contribution >= 0.6 is 0 Å². The number of rotatable bonds is 8. The van der Waals surface area contributed by atoms with Gasteiger partial charge < -0.3 is 9.88 Å². The Balaban J connectivity index is 1.42. The van der Waals surface area contributed by atoms with Gasteiger partial charge in [0.1, 0.15) is 5.82 Å². The second kappa shape index (κ2) is 11.7. The van der Waals surface area contributed by atoms with Crippen molar-refractivity contribution in [3.63, 3.8) is 0 Å². The number of fused-ring (bicyclic) bond motifs is 1. The molecule has 0 aliphatic heterocycles. The highest BCUT2D eigenvalue weighted by Crippen LogP contribution is 2.36. The number of imidazole rings is 1. The molecule has 6 nitrogen and oxygen atoms in total. The topological polar surface area (TPSA) is 81.1 Å². The summed E-state index contributed by atoms with van der Waals surface area (Å²) in [6.07, 6.45) is -4.44. The molecular formula is C33H30F3N3O3S. The van der Waals surface area contributed by atoms with E-state index in [4.69, 9.17) is 4.98 Å². The highest BCUT2D eigenvalue weighted by Gasteiger charge is 2.31. The van der Waals surface area contributed by atoms with Crippen molar-refractivity contribution in [2.75, 3.05) is 11.1 Å². The summed E-state index contributed by atoms with van der Waals surface area (Å²) in [7, 11) is -3.32. The second-order valence-corrected chi connectivity index (χ2v) is 12.7. The molecule has 0 bridgehead atoms. The molecule has 222 valence electrons. The number of carbonyl (C=O) groups excluding carboxylic acids is 1. The Labute approximate surface area is 248 Å². The van der Waals surface area contributed by atoms with Gasteiger partial charge in [-0.15, -0.1) is 0 Å². The number of aromatic nitrogens is 2. The molecule has 4 aromatic carbocycles. The minimum absolute atomic E-state index is 0.00143. The van der Waals surface area contributed by atoms with Crippen LogP contribution in [0.1, 0.15) is 42.1 Å². The van der Waals surface area contributed by atoms with Crippen LogP contribution < -0.4 is 5.32 Å². The van der Waals surface area contributed by atoms with E-state index in [9.17, 15) is 26.4 Å². The molecule has 0 fully saturated rings. The lowest BCUT2D eigenvalue weighted by atomic mass is 10.1. The first kappa shape index (κ1) is 30.0. The summed E-state index contributed by atoms with van der Waals surface area (Å²) in [5.74, 6) is 0.222. The third-order valence-electron chi connectivity index (χ3n) is 7.42. The number of nitrogens with zero attached hydrogens (tertiary/aromatic N) is 2. The van der Waals surface area contributed by atoms with Crippen molar-refractivity contribution >= 4 is 32.5 Å². The summed E-state index contributed by atoms with van der Waals surface area (Å²) < 4.78 is 66.7. The van der Waals surface area contributed by atoms with Gasteiger partial charge in [-0.05, 0) is 79.6 Å². The number of anilines is 1. The zero-order valence-corrected chi connectivity index (χ0v) is 24.6. The molecule has 5 aromatic rings. The Bertz CT molecular complexity index is 1880. The number of hydrogen-bond donors (Lipinski definition) is 1. The van der Waals surface area contributed by atoms with Crippen LogP contribution in [0, 0.1) is 6.92 Å². The van der Waals surface area contributed by atoms with Crippen LogP contribution in [0.3, 0.4) is 0 Å². The van der Waals surface area contributed by atoms with Crippen molar-refractivity contribution < 1.29 is 26.4 Å². The van der Waals surface area contributed by atoms with Gasteiger partial charge in [-0.2, -0.15) is 13.2 Å². The van der Waals surface area contributed by atoms with Crippen molar-refractivity contribution in [2.45, 2.75) is 44.3 Å². The van der Waals surface area contributed by atoms with E-state index in [2.05, 4.69) is 5.32 Å². The number of aryl methyl sites for hydroxylation is 1. The molecule has 10 heteroatoms. The van der Waals surface area contributed by atoms with Gasteiger partial charge in [0.25, 0.3) is 0 Å². The molecule has 43 heavy (non-hydrogen) atoms. The van der Waals surface area contributed by atoms with E-state index in [0.717, 1.165) is 23.3 Å². The lowest BCUT2D eigenvalue weighted by Gasteiger charge is -2.19. The number of halogens is 3. The SMILES string of the molecule is CCS(=O)(=O)c1ccc(CC(=O)Nc2ccc(-c3nc4ccc(C(F)(F)F)cc4n3C(C)c3ccc(C)cc3)cc2)cc1. The van der Waals surface area contributed by atoms with E-state index >= 15 is 0 Å². The third kappa shape index (κ3) is 6.49. The van der Waals surface area contributed by atoms with Crippen molar-refractivity contribution in [3.8, 4) is 11.4 Å². The number of hydrogen-bond acceptors (Lipinski definition) is 4. The van der Waals surface area contributed by atoms with Gasteiger partial charge in [0.05, 0.1) is 39.7 Å². The summed E-state index contributed by atoms with van der Waals surface area (Å²) >= 11 is 0. The molecule has 1 atom stereocenters. The number of benzene rings is 4. The molecule has 0 aliphatic rings. The van der Waals surface area contributed by atoms with Gasteiger partial charge in [0, 0.05) is 11.3 Å². The van der Waals surface area contributed by atoms with E-state index < -0.39 is 21.6 Å². The largest absolute Gasteiger partial charge is 0.416 e. The second-order valence-electron chi connectivity index (χ2n) is 10.4. The van der Waals surface area contributed by atoms with Crippen molar-refractivity contribution in [3.05, 3.63) is 113 Å². The van der Waals surface area contributed by atoms with E-state index in [-0.39, 0.29) is 29.0 Å². The zero-order valence-electron chi connectivity index (χ0n) is 23.8. The molecule has 1 N–H and O–H groups in total. The van der Waals surface area contributed by atoms with Crippen LogP contribution in [0.2, 0.25) is 0 Å². The number of nitrogens with one attached hydrogen (secondary N) is 1. The van der Waals surface area contributed by atoms with Gasteiger partial charge in [-0.1, -0.05) is 48.9 Å². The Morgan fingerprint density at radius 1 is 0.930 bits per heavy atom. The van der Waals surface area contributed by atoms with Crippen molar-refractivity contribution in [1.29, 1.82) is 0 Å². The maximum absolute atomic E-state index is 13.6. The molecule has 1 amide bonds. The summed E-state index contributed by atoms with van der Waals surface area (Å²) in [5, 5.41) is 2.83. The standard InChI is InChI=1S/C33H30F3N3O3S/c1-4-43(41,42)28-16-7-23(8-17-28)19-31(40)37-27-14-11-25(12-15-27)32-38-29-18-13-26(33(34,35)36)20-30(29)39(32)22(3)24-9-5-21(2)6-10-24/h5-18,20,22H,4,19H2,1-3H3,(H,37,40). The number of sulfone groups is 1. The number of carbonyl (C=O) groups is 1. The Hall–Kier alpha value is -4.44. The molecular weight excluding hydrogens is 575 g/mol. The molecule has 0 saturated heterocycles. The lowest BCUT2D eigenvalue weighted by molar-refractivity contribution is -0.137. The number of alkyl halides is 3. The molecule has 0 radical (unpaired) electrons. The van der Waals surface area contributed by atoms with Crippen LogP contribution in [0.15, 0.2) is 95.9 Å². The average molecular weight is 606 g/mol. The molecule has 0 aliphatic carbocycles. The highest BCUT2D eigenvalue weighted by atomic mass is 32.2. The maximum Gasteiger partial charge on any atom is 0.416 e. The molecule has 0 saturated carbocycles. The van der Waals surface area contributed by atoms with Crippen molar-refractivity contribution in [1.82, 2.24) is 9.55 Å². The lowest BCUT2D eigenvalue weighted by Crippen LogP contribution is -2.14. The molecule has 0 spiro atoms. The van der Waals surface area contributed by atoms with Gasteiger partial charge in [-0.3, -0.25) is 4.79 Å². The third-order valence-corrected chi connectivity index (χ3v) is 9.17. The number of amides is 1. The summed E-state index contributed by atoms with van der Waals surface area (Å²) in [6, 6.07) is 24.3. The first-order valence-corrected chi connectivity index (χ1v) is 15.4. The minimum Gasteiger partial charge on any atom is -0.326 e. The Kier molecular flexibility index (Phi) is 8.16. The van der Waals surface area contributed by atoms with Gasteiger partial charge in [0.15, 0.2) is 9.84 Å². The van der Waals surface area contributed by atoms with Gasteiger partial charge >= 0.3 is 6.18 Å².